The van der Waals surface area contributed by atoms with E-state index in [1.165, 1.54) is 6.20 Å². The van der Waals surface area contributed by atoms with Gasteiger partial charge in [0.15, 0.2) is 5.82 Å². The van der Waals surface area contributed by atoms with Crippen molar-refractivity contribution in [2.45, 2.75) is 20.4 Å². The summed E-state index contributed by atoms with van der Waals surface area (Å²) in [5.74, 6) is 0.0978. The molecule has 0 radical (unpaired) electrons. The maximum atomic E-state index is 12.0. The Hall–Kier alpha value is -1.48. The van der Waals surface area contributed by atoms with Gasteiger partial charge in [-0.3, -0.25) is 9.48 Å². The van der Waals surface area contributed by atoms with Gasteiger partial charge in [0, 0.05) is 0 Å². The van der Waals surface area contributed by atoms with E-state index >= 15 is 0 Å². The maximum absolute atomic E-state index is 12.0. The van der Waals surface area contributed by atoms with Gasteiger partial charge >= 0.3 is 0 Å². The van der Waals surface area contributed by atoms with Crippen molar-refractivity contribution in [2.24, 2.45) is 0 Å². The normalized spacial score (nSPS) is 10.6. The van der Waals surface area contributed by atoms with E-state index in [0.29, 0.717) is 26.4 Å². The molecule has 0 aromatic carbocycles. The molecule has 0 bridgehead atoms. The molecule has 0 unspecified atom stereocenters. The van der Waals surface area contributed by atoms with Crippen molar-refractivity contribution in [3.8, 4) is 0 Å². The van der Waals surface area contributed by atoms with Crippen LogP contribution < -0.4 is 11.1 Å². The average molecular weight is 404 g/mol. The Labute approximate surface area is 132 Å². The van der Waals surface area contributed by atoms with E-state index in [4.69, 9.17) is 5.73 Å². The number of rotatable bonds is 3. The summed E-state index contributed by atoms with van der Waals surface area (Å²) in [4.78, 5) is 20.1. The molecule has 106 valence electrons. The van der Waals surface area contributed by atoms with Crippen LogP contribution in [0.3, 0.4) is 0 Å². The maximum Gasteiger partial charge on any atom is 0.247 e. The lowest BCUT2D eigenvalue weighted by Gasteiger charge is -2.07. The van der Waals surface area contributed by atoms with Crippen LogP contribution in [-0.4, -0.2) is 25.7 Å². The summed E-state index contributed by atoms with van der Waals surface area (Å²) in [6.07, 6.45) is 1.50. The molecular formula is C11H12Br2N6O. The molecule has 0 aliphatic carbocycles. The molecule has 2 rings (SSSR count). The minimum absolute atomic E-state index is 0.0635. The highest BCUT2D eigenvalue weighted by Crippen LogP contribution is 2.19. The van der Waals surface area contributed by atoms with Crippen LogP contribution in [0, 0.1) is 13.8 Å². The summed E-state index contributed by atoms with van der Waals surface area (Å²) in [6, 6.07) is 0. The molecule has 20 heavy (non-hydrogen) atoms. The third kappa shape index (κ3) is 3.15. The second-order valence-electron chi connectivity index (χ2n) is 4.12. The van der Waals surface area contributed by atoms with Crippen LogP contribution in [0.5, 0.6) is 0 Å². The Kier molecular flexibility index (Phi) is 4.39. The number of carbonyl (C=O) groups excluding carboxylic acids is 1. The number of aryl methyl sites for hydroxylation is 1. The van der Waals surface area contributed by atoms with E-state index in [1.54, 1.807) is 11.6 Å². The number of anilines is 2. The van der Waals surface area contributed by atoms with Crippen molar-refractivity contribution < 1.29 is 4.79 Å². The molecule has 0 aliphatic rings. The highest BCUT2D eigenvalue weighted by atomic mass is 79.9. The van der Waals surface area contributed by atoms with E-state index in [9.17, 15) is 4.79 Å². The highest BCUT2D eigenvalue weighted by Gasteiger charge is 2.13. The summed E-state index contributed by atoms with van der Waals surface area (Å²) >= 11 is 6.42. The van der Waals surface area contributed by atoms with Gasteiger partial charge in [-0.2, -0.15) is 5.10 Å². The number of aromatic nitrogens is 4. The van der Waals surface area contributed by atoms with Crippen LogP contribution >= 0.6 is 31.9 Å². The van der Waals surface area contributed by atoms with Crippen molar-refractivity contribution in [3.05, 3.63) is 26.8 Å². The van der Waals surface area contributed by atoms with Gasteiger partial charge in [0.25, 0.3) is 0 Å². The zero-order valence-corrected chi connectivity index (χ0v) is 14.0. The molecule has 0 saturated heterocycles. The van der Waals surface area contributed by atoms with Gasteiger partial charge in [-0.05, 0) is 45.7 Å². The van der Waals surface area contributed by atoms with Gasteiger partial charge in [0.2, 0.25) is 5.91 Å². The van der Waals surface area contributed by atoms with Gasteiger partial charge in [-0.1, -0.05) is 0 Å². The molecule has 0 aliphatic heterocycles. The van der Waals surface area contributed by atoms with Gasteiger partial charge in [0.1, 0.15) is 15.8 Å². The lowest BCUT2D eigenvalue weighted by molar-refractivity contribution is -0.117. The molecule has 0 fully saturated rings. The molecule has 7 nitrogen and oxygen atoms in total. The largest absolute Gasteiger partial charge is 0.396 e. The Morgan fingerprint density at radius 3 is 2.70 bits per heavy atom. The molecule has 2 aromatic heterocycles. The number of amides is 1. The lowest BCUT2D eigenvalue weighted by Crippen LogP contribution is -2.21. The van der Waals surface area contributed by atoms with E-state index < -0.39 is 0 Å². The molecule has 9 heteroatoms. The van der Waals surface area contributed by atoms with Crippen LogP contribution in [0.15, 0.2) is 15.4 Å². The van der Waals surface area contributed by atoms with Gasteiger partial charge in [-0.25, -0.2) is 9.97 Å². The number of hydrogen-bond acceptors (Lipinski definition) is 5. The van der Waals surface area contributed by atoms with Crippen LogP contribution in [0.25, 0.3) is 0 Å². The van der Waals surface area contributed by atoms with Gasteiger partial charge < -0.3 is 11.1 Å². The number of nitrogens with zero attached hydrogens (tertiary/aromatic N) is 4. The number of nitrogens with two attached hydrogens (primary N) is 1. The first-order chi connectivity index (χ1) is 9.38. The van der Waals surface area contributed by atoms with Gasteiger partial charge in [-0.15, -0.1) is 0 Å². The van der Waals surface area contributed by atoms with Crippen LogP contribution in [0.4, 0.5) is 11.5 Å². The molecule has 0 spiro atoms. The summed E-state index contributed by atoms with van der Waals surface area (Å²) in [6.45, 7) is 3.68. The van der Waals surface area contributed by atoms with Crippen LogP contribution in [-0.2, 0) is 11.3 Å². The van der Waals surface area contributed by atoms with E-state index in [0.717, 1.165) is 5.69 Å². The Morgan fingerprint density at radius 2 is 2.15 bits per heavy atom. The predicted octanol–water partition coefficient (Wildman–Crippen LogP) is 2.04. The quantitative estimate of drug-likeness (QED) is 0.816. The molecule has 3 N–H and O–H groups in total. The Bertz CT molecular complexity index is 669. The molecule has 2 heterocycles. The number of hydrogen-bond donors (Lipinski definition) is 2. The third-order valence-corrected chi connectivity index (χ3v) is 3.62. The predicted molar refractivity (Wildman–Crippen MR) is 82.2 cm³/mol. The summed E-state index contributed by atoms with van der Waals surface area (Å²) in [7, 11) is 0. The number of carbonyl (C=O) groups is 1. The van der Waals surface area contributed by atoms with Crippen LogP contribution in [0.2, 0.25) is 0 Å². The molecule has 2 aromatic rings. The summed E-state index contributed by atoms with van der Waals surface area (Å²) in [5.41, 5.74) is 7.89. The zero-order chi connectivity index (χ0) is 14.9. The number of nitrogens with one attached hydrogen (secondary N) is 1. The van der Waals surface area contributed by atoms with Crippen molar-refractivity contribution in [1.82, 2.24) is 19.7 Å². The first-order valence-corrected chi connectivity index (χ1v) is 7.24. The second kappa shape index (κ2) is 5.88. The van der Waals surface area contributed by atoms with E-state index in [1.807, 2.05) is 6.92 Å². The van der Waals surface area contributed by atoms with Crippen molar-refractivity contribution >= 4 is 49.3 Å². The average Bonchev–Trinajstić information content (AvgIpc) is 2.61. The van der Waals surface area contributed by atoms with Crippen molar-refractivity contribution in [2.75, 3.05) is 11.1 Å². The SMILES string of the molecule is Cc1nn(CC(=O)Nc2ncc(Br)nc2Br)c(C)c1N. The smallest absolute Gasteiger partial charge is 0.247 e. The minimum atomic E-state index is -0.257. The van der Waals surface area contributed by atoms with E-state index in [-0.39, 0.29) is 12.5 Å². The number of nitrogen functional groups attached to an aromatic ring is 1. The summed E-state index contributed by atoms with van der Waals surface area (Å²) in [5, 5.41) is 6.86. The van der Waals surface area contributed by atoms with E-state index in [2.05, 4.69) is 52.2 Å². The first-order valence-electron chi connectivity index (χ1n) is 5.66. The molecule has 0 atom stereocenters. The molecule has 1 amide bonds. The third-order valence-electron chi connectivity index (χ3n) is 2.69. The Morgan fingerprint density at radius 1 is 1.45 bits per heavy atom. The molecule has 0 saturated carbocycles. The lowest BCUT2D eigenvalue weighted by atomic mass is 10.3. The highest BCUT2D eigenvalue weighted by molar-refractivity contribution is 9.11. The van der Waals surface area contributed by atoms with Crippen LogP contribution in [0.1, 0.15) is 11.4 Å². The fourth-order valence-corrected chi connectivity index (χ4v) is 2.51. The summed E-state index contributed by atoms with van der Waals surface area (Å²) < 4.78 is 2.59. The van der Waals surface area contributed by atoms with Crippen molar-refractivity contribution in [3.63, 3.8) is 0 Å². The topological polar surface area (TPSA) is 98.7 Å². The van der Waals surface area contributed by atoms with Crippen molar-refractivity contribution in [1.29, 1.82) is 0 Å². The second-order valence-corrected chi connectivity index (χ2v) is 5.69. The first kappa shape index (κ1) is 14.9. The monoisotopic (exact) mass is 402 g/mol. The van der Waals surface area contributed by atoms with Gasteiger partial charge in [0.05, 0.1) is 23.3 Å². The Balaban J connectivity index is 2.11. The fourth-order valence-electron chi connectivity index (χ4n) is 1.60. The minimum Gasteiger partial charge on any atom is -0.396 e. The number of halogens is 2. The zero-order valence-electron chi connectivity index (χ0n) is 10.8. The standard InChI is InChI=1S/C11H12Br2N6O/c1-5-9(14)6(2)19(18-5)4-8(20)17-11-10(13)16-7(12)3-15-11/h3H,4,14H2,1-2H3,(H,15,17,20). The fraction of sp³-hybridized carbons (Fsp3) is 0.273. The molecular weight excluding hydrogens is 392 g/mol.